The lowest BCUT2D eigenvalue weighted by atomic mass is 9.77. The van der Waals surface area contributed by atoms with Crippen molar-refractivity contribution in [3.05, 3.63) is 40.5 Å². The number of nitrogens with zero attached hydrogens (tertiary/aromatic N) is 3. The number of halogens is 1. The minimum Gasteiger partial charge on any atom is -0.394 e. The van der Waals surface area contributed by atoms with Gasteiger partial charge in [0.25, 0.3) is 0 Å². The van der Waals surface area contributed by atoms with E-state index in [4.69, 9.17) is 21.6 Å². The first-order valence-corrected chi connectivity index (χ1v) is 13.5. The molecule has 6 nitrogen and oxygen atoms in total. The molecule has 3 heterocycles. The fourth-order valence-corrected chi connectivity index (χ4v) is 6.59. The van der Waals surface area contributed by atoms with Gasteiger partial charge in [0.05, 0.1) is 28.6 Å². The number of hydrogen-bond acceptors (Lipinski definition) is 6. The van der Waals surface area contributed by atoms with Crippen molar-refractivity contribution in [1.29, 1.82) is 0 Å². The number of fused-ring (bicyclic) bond motifs is 1. The summed E-state index contributed by atoms with van der Waals surface area (Å²) in [4.78, 5) is 12.8. The van der Waals surface area contributed by atoms with Crippen LogP contribution in [0.1, 0.15) is 62.1 Å². The molecule has 2 aliphatic heterocycles. The third-order valence-corrected chi connectivity index (χ3v) is 9.04. The summed E-state index contributed by atoms with van der Waals surface area (Å²) in [5.74, 6) is 2.57. The van der Waals surface area contributed by atoms with E-state index in [1.54, 1.807) is 0 Å². The molecule has 1 aromatic carbocycles. The van der Waals surface area contributed by atoms with Gasteiger partial charge in [-0.15, -0.1) is 0 Å². The van der Waals surface area contributed by atoms with Crippen molar-refractivity contribution in [1.82, 2.24) is 9.97 Å². The van der Waals surface area contributed by atoms with E-state index in [9.17, 15) is 9.32 Å². The number of benzene rings is 1. The number of hydrogen-bond donors (Lipinski definition) is 2. The number of rotatable bonds is 5. The molecule has 0 bridgehead atoms. The molecular formula is C24H31ClN4O2S. The molecule has 2 aromatic rings. The van der Waals surface area contributed by atoms with E-state index < -0.39 is 10.8 Å². The standard InChI is InChI=1S/C24H31ClN4O2S/c25-19-8-6-18(7-9-19)17-4-1-13-29(14-10-17)23-26-20-5-2-15-32(31)21(20)22(27-23)28-24(16-30)11-3-12-24/h6-9,17,30H,1-5,10-16H2,(H,26,27,28). The summed E-state index contributed by atoms with van der Waals surface area (Å²) in [5, 5.41) is 14.3. The Morgan fingerprint density at radius 2 is 1.94 bits per heavy atom. The van der Waals surface area contributed by atoms with Gasteiger partial charge in [0.15, 0.2) is 0 Å². The van der Waals surface area contributed by atoms with E-state index in [1.165, 1.54) is 5.56 Å². The lowest BCUT2D eigenvalue weighted by Crippen LogP contribution is -2.49. The maximum Gasteiger partial charge on any atom is 0.227 e. The van der Waals surface area contributed by atoms with Crippen molar-refractivity contribution in [2.45, 2.75) is 67.7 Å². The molecular weight excluding hydrogens is 444 g/mol. The molecule has 172 valence electrons. The van der Waals surface area contributed by atoms with Crippen LogP contribution in [0.3, 0.4) is 0 Å². The predicted octanol–water partition coefficient (Wildman–Crippen LogP) is 4.28. The lowest BCUT2D eigenvalue weighted by Gasteiger charge is -2.42. The SMILES string of the molecule is O=S1CCCc2nc(N3CCCC(c4ccc(Cl)cc4)CC3)nc(NC3(CO)CCC3)c21. The predicted molar refractivity (Wildman–Crippen MR) is 129 cm³/mol. The lowest BCUT2D eigenvalue weighted by molar-refractivity contribution is 0.143. The van der Waals surface area contributed by atoms with Gasteiger partial charge in [0, 0.05) is 23.9 Å². The van der Waals surface area contributed by atoms with Gasteiger partial charge in [0.1, 0.15) is 10.7 Å². The second-order valence-corrected chi connectivity index (χ2v) is 11.3. The summed E-state index contributed by atoms with van der Waals surface area (Å²) in [6, 6.07) is 8.23. The van der Waals surface area contributed by atoms with E-state index in [0.717, 1.165) is 86.0 Å². The Labute approximate surface area is 197 Å². The highest BCUT2D eigenvalue weighted by atomic mass is 35.5. The molecule has 1 saturated carbocycles. The summed E-state index contributed by atoms with van der Waals surface area (Å²) >= 11 is 6.07. The molecule has 32 heavy (non-hydrogen) atoms. The number of nitrogens with one attached hydrogen (secondary N) is 1. The monoisotopic (exact) mass is 474 g/mol. The molecule has 0 amide bonds. The summed E-state index contributed by atoms with van der Waals surface area (Å²) in [6.07, 6.45) is 7.88. The molecule has 3 aliphatic rings. The molecule has 2 fully saturated rings. The summed E-state index contributed by atoms with van der Waals surface area (Å²) in [6.45, 7) is 1.87. The zero-order chi connectivity index (χ0) is 22.1. The van der Waals surface area contributed by atoms with Gasteiger partial charge in [-0.3, -0.25) is 4.21 Å². The number of aliphatic hydroxyl groups excluding tert-OH is 1. The average molecular weight is 475 g/mol. The second-order valence-electron chi connectivity index (χ2n) is 9.38. The van der Waals surface area contributed by atoms with Crippen LogP contribution in [0.2, 0.25) is 5.02 Å². The minimum atomic E-state index is -1.09. The molecule has 8 heteroatoms. The van der Waals surface area contributed by atoms with E-state index in [1.807, 2.05) is 12.1 Å². The zero-order valence-corrected chi connectivity index (χ0v) is 19.9. The van der Waals surface area contributed by atoms with Crippen LogP contribution in [0.25, 0.3) is 0 Å². The number of aromatic nitrogens is 2. The quantitative estimate of drug-likeness (QED) is 0.673. The Bertz CT molecular complexity index is 991. The third kappa shape index (κ3) is 4.39. The van der Waals surface area contributed by atoms with Crippen LogP contribution in [0.15, 0.2) is 29.2 Å². The summed E-state index contributed by atoms with van der Waals surface area (Å²) < 4.78 is 12.9. The Morgan fingerprint density at radius 1 is 1.12 bits per heavy atom. The molecule has 1 aliphatic carbocycles. The maximum atomic E-state index is 12.9. The van der Waals surface area contributed by atoms with Crippen LogP contribution in [0.4, 0.5) is 11.8 Å². The number of aliphatic hydroxyl groups is 1. The van der Waals surface area contributed by atoms with Crippen LogP contribution in [0, 0.1) is 0 Å². The van der Waals surface area contributed by atoms with Crippen molar-refractivity contribution in [2.24, 2.45) is 0 Å². The molecule has 2 N–H and O–H groups in total. The van der Waals surface area contributed by atoms with Gasteiger partial charge in [-0.25, -0.2) is 4.98 Å². The van der Waals surface area contributed by atoms with Gasteiger partial charge >= 0.3 is 0 Å². The largest absolute Gasteiger partial charge is 0.394 e. The molecule has 0 radical (unpaired) electrons. The fourth-order valence-electron chi connectivity index (χ4n) is 5.13. The average Bonchev–Trinajstić information content (AvgIpc) is 3.03. The highest BCUT2D eigenvalue weighted by molar-refractivity contribution is 7.85. The first kappa shape index (κ1) is 22.1. The van der Waals surface area contributed by atoms with Crippen molar-refractivity contribution in [2.75, 3.05) is 35.7 Å². The molecule has 2 unspecified atom stereocenters. The normalized spacial score (nSPS) is 24.9. The van der Waals surface area contributed by atoms with Gasteiger partial charge in [-0.2, -0.15) is 4.98 Å². The third-order valence-electron chi connectivity index (χ3n) is 7.24. The van der Waals surface area contributed by atoms with E-state index in [0.29, 0.717) is 17.5 Å². The number of aryl methyl sites for hydroxylation is 1. The Morgan fingerprint density at radius 3 is 2.66 bits per heavy atom. The van der Waals surface area contributed by atoms with Gasteiger partial charge in [-0.1, -0.05) is 23.7 Å². The van der Waals surface area contributed by atoms with E-state index in [2.05, 4.69) is 22.3 Å². The van der Waals surface area contributed by atoms with Crippen molar-refractivity contribution < 1.29 is 9.32 Å². The highest BCUT2D eigenvalue weighted by Crippen LogP contribution is 2.38. The van der Waals surface area contributed by atoms with Crippen LogP contribution < -0.4 is 10.2 Å². The van der Waals surface area contributed by atoms with Gasteiger partial charge < -0.3 is 15.3 Å². The molecule has 1 aromatic heterocycles. The van der Waals surface area contributed by atoms with Crippen molar-refractivity contribution in [3.63, 3.8) is 0 Å². The van der Waals surface area contributed by atoms with Crippen molar-refractivity contribution >= 4 is 34.2 Å². The Hall–Kier alpha value is -1.70. The minimum absolute atomic E-state index is 0.0697. The second kappa shape index (κ2) is 9.27. The Kier molecular flexibility index (Phi) is 6.41. The van der Waals surface area contributed by atoms with Crippen molar-refractivity contribution in [3.8, 4) is 0 Å². The van der Waals surface area contributed by atoms with E-state index >= 15 is 0 Å². The summed E-state index contributed by atoms with van der Waals surface area (Å²) in [7, 11) is -1.09. The first-order valence-electron chi connectivity index (χ1n) is 11.8. The van der Waals surface area contributed by atoms with Crippen LogP contribution in [-0.4, -0.2) is 50.3 Å². The molecule has 0 spiro atoms. The van der Waals surface area contributed by atoms with Crippen LogP contribution >= 0.6 is 11.6 Å². The van der Waals surface area contributed by atoms with Crippen LogP contribution in [-0.2, 0) is 17.2 Å². The molecule has 2 atom stereocenters. The van der Waals surface area contributed by atoms with E-state index in [-0.39, 0.29) is 12.1 Å². The maximum absolute atomic E-state index is 12.9. The Balaban J connectivity index is 1.41. The van der Waals surface area contributed by atoms with Crippen LogP contribution in [0.5, 0.6) is 0 Å². The topological polar surface area (TPSA) is 78.4 Å². The van der Waals surface area contributed by atoms with Gasteiger partial charge in [0.2, 0.25) is 5.95 Å². The molecule has 1 saturated heterocycles. The smallest absolute Gasteiger partial charge is 0.227 e. The highest BCUT2D eigenvalue weighted by Gasteiger charge is 2.38. The first-order chi connectivity index (χ1) is 15.6. The fraction of sp³-hybridized carbons (Fsp3) is 0.583. The number of anilines is 2. The summed E-state index contributed by atoms with van der Waals surface area (Å²) in [5.41, 5.74) is 1.92. The molecule has 5 rings (SSSR count). The zero-order valence-electron chi connectivity index (χ0n) is 18.4. The van der Waals surface area contributed by atoms with Gasteiger partial charge in [-0.05, 0) is 75.0 Å².